The van der Waals surface area contributed by atoms with E-state index >= 15 is 0 Å². The number of aryl methyl sites for hydroxylation is 3. The fourth-order valence-electron chi connectivity index (χ4n) is 2.77. The highest BCUT2D eigenvalue weighted by Gasteiger charge is 2.32. The van der Waals surface area contributed by atoms with Gasteiger partial charge in [0.25, 0.3) is 0 Å². The molecule has 1 heterocycles. The van der Waals surface area contributed by atoms with Crippen molar-refractivity contribution in [1.82, 2.24) is 4.98 Å². The first-order valence-electron chi connectivity index (χ1n) is 9.38. The number of pyridine rings is 1. The van der Waals surface area contributed by atoms with Crippen LogP contribution in [0, 0.1) is 27.7 Å². The number of nitrogens with zero attached hydrogens (tertiary/aromatic N) is 1. The second-order valence-electron chi connectivity index (χ2n) is 6.75. The largest absolute Gasteiger partial charge is 0.507 e. The van der Waals surface area contributed by atoms with Crippen LogP contribution in [0.4, 0.5) is 5.82 Å². The molecule has 1 atom stereocenters. The van der Waals surface area contributed by atoms with E-state index in [0.717, 1.165) is 11.1 Å². The first-order chi connectivity index (χ1) is 13.2. The van der Waals surface area contributed by atoms with Crippen molar-refractivity contribution in [2.75, 3.05) is 5.48 Å². The highest BCUT2D eigenvalue weighted by atomic mass is 31.2. The summed E-state index contributed by atoms with van der Waals surface area (Å²) in [4.78, 5) is 4.25. The molecule has 1 unspecified atom stereocenters. The first-order valence-corrected chi connectivity index (χ1v) is 10.9. The van der Waals surface area contributed by atoms with Crippen LogP contribution in [0.2, 0.25) is 0 Å². The Bertz CT molecular complexity index is 902. The maximum absolute atomic E-state index is 13.7. The van der Waals surface area contributed by atoms with Crippen molar-refractivity contribution in [3.8, 4) is 11.5 Å². The van der Waals surface area contributed by atoms with Crippen LogP contribution in [-0.4, -0.2) is 10.1 Å². The summed E-state index contributed by atoms with van der Waals surface area (Å²) in [7, 11) is -3.69. The number of aromatic nitrogens is 1. The quantitative estimate of drug-likeness (QED) is 0.395. The van der Waals surface area contributed by atoms with Crippen LogP contribution in [0.5, 0.6) is 11.5 Å². The molecular weight excluding hydrogens is 375 g/mol. The predicted molar refractivity (Wildman–Crippen MR) is 113 cm³/mol. The van der Waals surface area contributed by atoms with Gasteiger partial charge < -0.3 is 9.63 Å². The average Bonchev–Trinajstić information content (AvgIpc) is 2.65. The molecule has 0 aliphatic carbocycles. The lowest BCUT2D eigenvalue weighted by molar-refractivity contribution is 0.322. The van der Waals surface area contributed by atoms with Gasteiger partial charge in [-0.15, -0.1) is 0 Å². The molecule has 28 heavy (non-hydrogen) atoms. The van der Waals surface area contributed by atoms with Gasteiger partial charge in [0.05, 0.1) is 5.31 Å². The van der Waals surface area contributed by atoms with Gasteiger partial charge in [0.2, 0.25) is 0 Å². The van der Waals surface area contributed by atoms with Gasteiger partial charge in [-0.25, -0.2) is 15.0 Å². The SMILES string of the molecule is CC/C=C(\CC)P(=O)(ONc1nccc(C)c1C)Oc1cc(C)c(O)c(C)c1. The summed E-state index contributed by atoms with van der Waals surface area (Å²) in [6, 6.07) is 5.19. The summed E-state index contributed by atoms with van der Waals surface area (Å²) in [6.07, 6.45) is 4.74. The van der Waals surface area contributed by atoms with E-state index < -0.39 is 7.60 Å². The number of hydrogen-bond donors (Lipinski definition) is 2. The van der Waals surface area contributed by atoms with Crippen molar-refractivity contribution >= 4 is 13.4 Å². The average molecular weight is 404 g/mol. The summed E-state index contributed by atoms with van der Waals surface area (Å²) in [5.41, 5.74) is 5.97. The third kappa shape index (κ3) is 4.94. The van der Waals surface area contributed by atoms with Gasteiger partial charge in [-0.3, -0.25) is 0 Å². The minimum absolute atomic E-state index is 0.195. The van der Waals surface area contributed by atoms with Crippen molar-refractivity contribution in [2.24, 2.45) is 0 Å². The van der Waals surface area contributed by atoms with Crippen molar-refractivity contribution in [1.29, 1.82) is 0 Å². The zero-order valence-electron chi connectivity index (χ0n) is 17.4. The summed E-state index contributed by atoms with van der Waals surface area (Å²) in [5, 5.41) is 10.6. The van der Waals surface area contributed by atoms with Gasteiger partial charge in [-0.2, -0.15) is 4.62 Å². The zero-order chi connectivity index (χ0) is 20.9. The molecule has 2 aromatic rings. The Morgan fingerprint density at radius 1 is 1.18 bits per heavy atom. The number of anilines is 1. The summed E-state index contributed by atoms with van der Waals surface area (Å²) < 4.78 is 25.3. The molecule has 2 N–H and O–H groups in total. The summed E-state index contributed by atoms with van der Waals surface area (Å²) in [6.45, 7) is 11.3. The number of benzene rings is 1. The Morgan fingerprint density at radius 3 is 2.39 bits per heavy atom. The molecule has 1 aromatic heterocycles. The third-order valence-corrected chi connectivity index (χ3v) is 6.57. The van der Waals surface area contributed by atoms with E-state index in [-0.39, 0.29) is 5.75 Å². The number of rotatable bonds is 8. The monoisotopic (exact) mass is 404 g/mol. The van der Waals surface area contributed by atoms with Crippen LogP contribution in [-0.2, 0) is 9.19 Å². The van der Waals surface area contributed by atoms with Crippen LogP contribution in [0.15, 0.2) is 35.8 Å². The molecule has 0 aliphatic rings. The normalized spacial score (nSPS) is 13.9. The topological polar surface area (TPSA) is 80.7 Å². The standard InChI is InChI=1S/C21H29N2O4P/c1-7-9-19(8-2)28(25,26-18-12-15(4)20(24)16(5)13-18)27-23-21-17(6)14(3)10-11-22-21/h9-13,24H,7-8H2,1-6H3,(H,22,23)/b19-9+. The Hall–Kier alpha value is -2.30. The van der Waals surface area contributed by atoms with E-state index in [1.807, 2.05) is 39.8 Å². The maximum Gasteiger partial charge on any atom is 0.427 e. The van der Waals surface area contributed by atoms with Crippen LogP contribution in [0.25, 0.3) is 0 Å². The second kappa shape index (κ2) is 9.26. The molecule has 0 saturated carbocycles. The Kier molecular flexibility index (Phi) is 7.28. The first kappa shape index (κ1) is 22.0. The highest BCUT2D eigenvalue weighted by Crippen LogP contribution is 2.57. The van der Waals surface area contributed by atoms with Crippen LogP contribution < -0.4 is 10.0 Å². The minimum Gasteiger partial charge on any atom is -0.507 e. The van der Waals surface area contributed by atoms with Gasteiger partial charge in [-0.05, 0) is 81.0 Å². The molecule has 0 aliphatic heterocycles. The fraction of sp³-hybridized carbons (Fsp3) is 0.381. The van der Waals surface area contributed by atoms with Crippen molar-refractivity contribution in [2.45, 2.75) is 54.4 Å². The number of allylic oxidation sites excluding steroid dienone is 2. The van der Waals surface area contributed by atoms with Gasteiger partial charge in [0.1, 0.15) is 11.5 Å². The molecule has 0 saturated heterocycles. The van der Waals surface area contributed by atoms with Crippen LogP contribution >= 0.6 is 7.60 Å². The Labute approximate surface area is 167 Å². The predicted octanol–water partition coefficient (Wildman–Crippen LogP) is 6.34. The lowest BCUT2D eigenvalue weighted by atomic mass is 10.1. The molecule has 0 bridgehead atoms. The van der Waals surface area contributed by atoms with Gasteiger partial charge in [0.15, 0.2) is 5.82 Å². The van der Waals surface area contributed by atoms with Gasteiger partial charge in [-0.1, -0.05) is 19.9 Å². The number of aromatic hydroxyl groups is 1. The van der Waals surface area contributed by atoms with Gasteiger partial charge >= 0.3 is 7.60 Å². The number of nitrogens with one attached hydrogen (secondary N) is 1. The smallest absolute Gasteiger partial charge is 0.427 e. The lowest BCUT2D eigenvalue weighted by Crippen LogP contribution is -2.09. The molecule has 0 fully saturated rings. The summed E-state index contributed by atoms with van der Waals surface area (Å²) >= 11 is 0. The molecule has 152 valence electrons. The van der Waals surface area contributed by atoms with E-state index in [0.29, 0.717) is 40.9 Å². The maximum atomic E-state index is 13.7. The second-order valence-corrected chi connectivity index (χ2v) is 8.68. The molecule has 7 heteroatoms. The summed E-state index contributed by atoms with van der Waals surface area (Å²) in [5.74, 6) is 1.07. The molecule has 0 radical (unpaired) electrons. The van der Waals surface area contributed by atoms with Crippen molar-refractivity contribution in [3.63, 3.8) is 0 Å². The lowest BCUT2D eigenvalue weighted by Gasteiger charge is -2.22. The number of phenolic OH excluding ortho intramolecular Hbond substituents is 1. The van der Waals surface area contributed by atoms with E-state index in [1.165, 1.54) is 0 Å². The van der Waals surface area contributed by atoms with E-state index in [4.69, 9.17) is 9.15 Å². The minimum atomic E-state index is -3.69. The Morgan fingerprint density at radius 2 is 1.82 bits per heavy atom. The fourth-order valence-corrected chi connectivity index (χ4v) is 4.42. The zero-order valence-corrected chi connectivity index (χ0v) is 18.3. The van der Waals surface area contributed by atoms with E-state index in [9.17, 15) is 9.67 Å². The van der Waals surface area contributed by atoms with Gasteiger partial charge in [0, 0.05) is 6.20 Å². The molecule has 1 aromatic carbocycles. The molecule has 0 spiro atoms. The van der Waals surface area contributed by atoms with E-state index in [2.05, 4.69) is 10.5 Å². The highest BCUT2D eigenvalue weighted by molar-refractivity contribution is 7.58. The number of hydrogen-bond acceptors (Lipinski definition) is 6. The molecular formula is C21H29N2O4P. The Balaban J connectivity index is 2.39. The van der Waals surface area contributed by atoms with E-state index in [1.54, 1.807) is 32.2 Å². The molecule has 0 amide bonds. The van der Waals surface area contributed by atoms with Crippen LogP contribution in [0.1, 0.15) is 48.9 Å². The third-order valence-electron chi connectivity index (χ3n) is 4.58. The van der Waals surface area contributed by atoms with Crippen LogP contribution in [0.3, 0.4) is 0 Å². The molecule has 2 rings (SSSR count). The van der Waals surface area contributed by atoms with Crippen molar-refractivity contribution in [3.05, 3.63) is 58.0 Å². The van der Waals surface area contributed by atoms with Crippen molar-refractivity contribution < 1.29 is 18.8 Å². The molecule has 6 nitrogen and oxygen atoms in total. The number of phenols is 1.